The number of rotatable bonds is 4. The van der Waals surface area contributed by atoms with Gasteiger partial charge in [-0.3, -0.25) is 10.1 Å². The summed E-state index contributed by atoms with van der Waals surface area (Å²) in [5.41, 5.74) is 2.69. The summed E-state index contributed by atoms with van der Waals surface area (Å²) in [6.45, 7) is 0.228. The highest BCUT2D eigenvalue weighted by Gasteiger charge is 2.14. The second kappa shape index (κ2) is 7.08. The van der Waals surface area contributed by atoms with E-state index in [-0.39, 0.29) is 12.7 Å². The monoisotopic (exact) mass is 427 g/mol. The van der Waals surface area contributed by atoms with Crippen molar-refractivity contribution >= 4 is 72.0 Å². The largest absolute Gasteiger partial charge is 0.454 e. The van der Waals surface area contributed by atoms with Crippen molar-refractivity contribution in [3.05, 3.63) is 42.0 Å². The molecular formula is C19H13N3O3S3. The fraction of sp³-hybridized carbons (Fsp3) is 0.105. The number of anilines is 1. The number of amides is 1. The van der Waals surface area contributed by atoms with Crippen molar-refractivity contribution < 1.29 is 14.3 Å². The van der Waals surface area contributed by atoms with Gasteiger partial charge in [-0.1, -0.05) is 29.2 Å². The zero-order valence-electron chi connectivity index (χ0n) is 14.6. The van der Waals surface area contributed by atoms with Crippen LogP contribution in [0.1, 0.15) is 5.56 Å². The molecule has 1 aliphatic heterocycles. The molecule has 0 saturated heterocycles. The van der Waals surface area contributed by atoms with Crippen molar-refractivity contribution in [3.8, 4) is 11.5 Å². The molecule has 0 unspecified atom stereocenters. The molecule has 0 bridgehead atoms. The van der Waals surface area contributed by atoms with Gasteiger partial charge >= 0.3 is 0 Å². The minimum atomic E-state index is -0.234. The summed E-state index contributed by atoms with van der Waals surface area (Å²) in [5, 5.41) is 3.42. The second-order valence-corrected chi connectivity index (χ2v) is 8.95. The van der Waals surface area contributed by atoms with Crippen LogP contribution in [0.4, 0.5) is 5.13 Å². The molecule has 0 spiro atoms. The molecule has 0 radical (unpaired) electrons. The van der Waals surface area contributed by atoms with E-state index in [1.165, 1.54) is 17.4 Å². The van der Waals surface area contributed by atoms with Gasteiger partial charge in [0.1, 0.15) is 0 Å². The summed E-state index contributed by atoms with van der Waals surface area (Å²) >= 11 is 4.74. The van der Waals surface area contributed by atoms with E-state index in [4.69, 9.17) is 9.47 Å². The molecule has 2 aromatic heterocycles. The van der Waals surface area contributed by atoms with Gasteiger partial charge in [0.25, 0.3) is 0 Å². The van der Waals surface area contributed by atoms with Gasteiger partial charge in [0.15, 0.2) is 21.0 Å². The molecule has 9 heteroatoms. The van der Waals surface area contributed by atoms with Gasteiger partial charge in [-0.2, -0.15) is 0 Å². The highest BCUT2D eigenvalue weighted by Crippen LogP contribution is 2.38. The number of hydrogen-bond acceptors (Lipinski definition) is 8. The van der Waals surface area contributed by atoms with Crippen molar-refractivity contribution in [3.63, 3.8) is 0 Å². The fourth-order valence-corrected chi connectivity index (χ4v) is 5.49. The lowest BCUT2D eigenvalue weighted by Gasteiger charge is -1.98. The number of nitrogens with zero attached hydrogens (tertiary/aromatic N) is 2. The average molecular weight is 428 g/mol. The van der Waals surface area contributed by atoms with E-state index in [1.54, 1.807) is 29.2 Å². The first-order valence-electron chi connectivity index (χ1n) is 8.32. The summed E-state index contributed by atoms with van der Waals surface area (Å²) in [6.07, 6.45) is 5.23. The van der Waals surface area contributed by atoms with E-state index in [0.717, 1.165) is 36.1 Å². The minimum absolute atomic E-state index is 0.228. The quantitative estimate of drug-likeness (QED) is 0.365. The molecule has 0 saturated carbocycles. The number of ether oxygens (including phenoxy) is 2. The Morgan fingerprint density at radius 1 is 1.11 bits per heavy atom. The van der Waals surface area contributed by atoms with Gasteiger partial charge in [0, 0.05) is 6.08 Å². The van der Waals surface area contributed by atoms with E-state index in [0.29, 0.717) is 10.9 Å². The highest BCUT2D eigenvalue weighted by atomic mass is 32.2. The third kappa shape index (κ3) is 3.21. The molecule has 1 amide bonds. The Bertz CT molecular complexity index is 1250. The van der Waals surface area contributed by atoms with Gasteiger partial charge in [-0.25, -0.2) is 9.97 Å². The van der Waals surface area contributed by atoms with Gasteiger partial charge in [-0.15, -0.1) is 11.3 Å². The third-order valence-electron chi connectivity index (χ3n) is 4.12. The molecule has 1 aliphatic rings. The molecule has 0 atom stereocenters. The zero-order chi connectivity index (χ0) is 19.1. The van der Waals surface area contributed by atoms with Crippen LogP contribution in [0, 0.1) is 0 Å². The molecule has 0 fully saturated rings. The Morgan fingerprint density at radius 2 is 1.89 bits per heavy atom. The summed E-state index contributed by atoms with van der Waals surface area (Å²) in [5.74, 6) is 1.17. The topological polar surface area (TPSA) is 73.3 Å². The van der Waals surface area contributed by atoms with Crippen LogP contribution in [-0.4, -0.2) is 28.9 Å². The number of hydrogen-bond donors (Lipinski definition) is 1. The lowest BCUT2D eigenvalue weighted by Crippen LogP contribution is -2.07. The molecule has 28 heavy (non-hydrogen) atoms. The van der Waals surface area contributed by atoms with Crippen molar-refractivity contribution in [1.82, 2.24) is 9.97 Å². The molecule has 6 nitrogen and oxygen atoms in total. The standard InChI is InChI=1S/C19H13N3O3S3/c1-26-19-21-12-5-4-11-16(17(12)28-19)27-18(20-11)22-15(23)7-3-10-2-6-13-14(8-10)25-9-24-13/h2-8H,9H2,1H3,(H,20,22,23). The number of nitrogens with one attached hydrogen (secondary N) is 1. The molecule has 2 aromatic carbocycles. The van der Waals surface area contributed by atoms with Gasteiger partial charge in [0.05, 0.1) is 20.4 Å². The number of aromatic nitrogens is 2. The number of thiazole rings is 2. The summed E-state index contributed by atoms with van der Waals surface area (Å²) < 4.78 is 13.8. The fourth-order valence-electron chi connectivity index (χ4n) is 2.83. The first kappa shape index (κ1) is 17.5. The number of fused-ring (bicyclic) bond motifs is 4. The SMILES string of the molecule is CSc1nc2ccc3nc(NC(=O)C=Cc4ccc5c(c4)OCO5)sc3c2s1. The summed E-state index contributed by atoms with van der Waals surface area (Å²) in [4.78, 5) is 21.4. The third-order valence-corrected chi connectivity index (χ3v) is 7.33. The molecule has 4 aromatic rings. The van der Waals surface area contributed by atoms with Crippen LogP contribution in [0.25, 0.3) is 26.5 Å². The van der Waals surface area contributed by atoms with Crippen molar-refractivity contribution in [2.75, 3.05) is 18.4 Å². The van der Waals surface area contributed by atoms with Crippen LogP contribution < -0.4 is 14.8 Å². The van der Waals surface area contributed by atoms with Crippen LogP contribution in [0.2, 0.25) is 0 Å². The van der Waals surface area contributed by atoms with Crippen LogP contribution in [0.5, 0.6) is 11.5 Å². The van der Waals surface area contributed by atoms with E-state index in [1.807, 2.05) is 36.6 Å². The zero-order valence-corrected chi connectivity index (χ0v) is 17.0. The number of benzene rings is 2. The van der Waals surface area contributed by atoms with Gasteiger partial charge < -0.3 is 9.47 Å². The highest BCUT2D eigenvalue weighted by molar-refractivity contribution is 8.00. The summed E-state index contributed by atoms with van der Waals surface area (Å²) in [6, 6.07) is 9.46. The van der Waals surface area contributed by atoms with Crippen molar-refractivity contribution in [2.45, 2.75) is 4.34 Å². The van der Waals surface area contributed by atoms with Gasteiger partial charge in [-0.05, 0) is 42.2 Å². The number of carbonyl (C=O) groups is 1. The maximum absolute atomic E-state index is 12.3. The predicted molar refractivity (Wildman–Crippen MR) is 115 cm³/mol. The van der Waals surface area contributed by atoms with Gasteiger partial charge in [0.2, 0.25) is 12.7 Å². The molecule has 3 heterocycles. The molecule has 5 rings (SSSR count). The van der Waals surface area contributed by atoms with E-state index >= 15 is 0 Å². The molecular weight excluding hydrogens is 414 g/mol. The second-order valence-electron chi connectivity index (χ2n) is 5.90. The van der Waals surface area contributed by atoms with Crippen LogP contribution >= 0.6 is 34.4 Å². The molecule has 1 N–H and O–H groups in total. The Balaban J connectivity index is 1.36. The Hall–Kier alpha value is -2.62. The minimum Gasteiger partial charge on any atom is -0.454 e. The normalized spacial score (nSPS) is 13.0. The number of carbonyl (C=O) groups excluding carboxylic acids is 1. The average Bonchev–Trinajstić information content (AvgIpc) is 3.42. The van der Waals surface area contributed by atoms with E-state index in [9.17, 15) is 4.79 Å². The lowest BCUT2D eigenvalue weighted by atomic mass is 10.2. The Morgan fingerprint density at radius 3 is 2.75 bits per heavy atom. The maximum Gasteiger partial charge on any atom is 0.250 e. The van der Waals surface area contributed by atoms with E-state index < -0.39 is 0 Å². The maximum atomic E-state index is 12.3. The van der Waals surface area contributed by atoms with Crippen LogP contribution in [0.3, 0.4) is 0 Å². The number of thioether (sulfide) groups is 1. The van der Waals surface area contributed by atoms with E-state index in [2.05, 4.69) is 15.3 Å². The molecule has 140 valence electrons. The molecule has 0 aliphatic carbocycles. The van der Waals surface area contributed by atoms with Crippen molar-refractivity contribution in [1.29, 1.82) is 0 Å². The van der Waals surface area contributed by atoms with Crippen molar-refractivity contribution in [2.24, 2.45) is 0 Å². The first-order chi connectivity index (χ1) is 13.7. The van der Waals surface area contributed by atoms with Crippen LogP contribution in [0.15, 0.2) is 40.7 Å². The Labute approximate surface area is 172 Å². The lowest BCUT2D eigenvalue weighted by molar-refractivity contribution is -0.111. The summed E-state index contributed by atoms with van der Waals surface area (Å²) in [7, 11) is 0. The predicted octanol–water partition coefficient (Wildman–Crippen LogP) is 5.01. The van der Waals surface area contributed by atoms with Crippen LogP contribution in [-0.2, 0) is 4.79 Å². The smallest absolute Gasteiger partial charge is 0.250 e. The first-order valence-corrected chi connectivity index (χ1v) is 11.2. The Kier molecular flexibility index (Phi) is 4.42.